The molecule has 6 heteroatoms. The third-order valence-electron chi connectivity index (χ3n) is 4.91. The van der Waals surface area contributed by atoms with Crippen molar-refractivity contribution in [3.8, 4) is 0 Å². The number of benzene rings is 2. The summed E-state index contributed by atoms with van der Waals surface area (Å²) in [5.74, 6) is 0. The van der Waals surface area contributed by atoms with Crippen LogP contribution in [0.5, 0.6) is 0 Å². The standard InChI is InChI=1S/C25H34N2O4/c1-3-11-22(26-24(28)30-18-20-13-7-5-8-14-20)17-23(12-4-2)27-25(29)31-19-21-15-9-6-10-16-21/h5-10,13-16,22-23H,3-4,11-12,17-19H2,1-2H3,(H,26,28)(H,27,29). The van der Waals surface area contributed by atoms with Gasteiger partial charge >= 0.3 is 12.2 Å². The van der Waals surface area contributed by atoms with Crippen molar-refractivity contribution < 1.29 is 19.1 Å². The molecule has 0 fully saturated rings. The Bertz CT molecular complexity index is 702. The molecular weight excluding hydrogens is 392 g/mol. The Kier molecular flexibility index (Phi) is 11.0. The Balaban J connectivity index is 1.82. The molecule has 6 nitrogen and oxygen atoms in total. The number of hydrogen-bond acceptors (Lipinski definition) is 4. The molecule has 31 heavy (non-hydrogen) atoms. The molecule has 0 spiro atoms. The largest absolute Gasteiger partial charge is 0.445 e. The van der Waals surface area contributed by atoms with Gasteiger partial charge in [0.2, 0.25) is 0 Å². The highest BCUT2D eigenvalue weighted by molar-refractivity contribution is 5.68. The Morgan fingerprint density at radius 1 is 0.710 bits per heavy atom. The van der Waals surface area contributed by atoms with Crippen LogP contribution in [0.15, 0.2) is 60.7 Å². The fourth-order valence-electron chi connectivity index (χ4n) is 3.40. The first-order valence-electron chi connectivity index (χ1n) is 11.0. The van der Waals surface area contributed by atoms with Crippen molar-refractivity contribution in [2.24, 2.45) is 0 Å². The van der Waals surface area contributed by atoms with E-state index in [2.05, 4.69) is 24.5 Å². The zero-order valence-corrected chi connectivity index (χ0v) is 18.5. The maximum absolute atomic E-state index is 12.3. The van der Waals surface area contributed by atoms with Gasteiger partial charge in [-0.2, -0.15) is 0 Å². The molecule has 2 N–H and O–H groups in total. The van der Waals surface area contributed by atoms with Gasteiger partial charge in [-0.15, -0.1) is 0 Å². The Morgan fingerprint density at radius 3 is 1.45 bits per heavy atom. The van der Waals surface area contributed by atoms with Crippen molar-refractivity contribution in [1.82, 2.24) is 10.6 Å². The van der Waals surface area contributed by atoms with Crippen LogP contribution in [-0.2, 0) is 22.7 Å². The lowest BCUT2D eigenvalue weighted by Gasteiger charge is -2.24. The zero-order valence-electron chi connectivity index (χ0n) is 18.5. The van der Waals surface area contributed by atoms with Crippen molar-refractivity contribution >= 4 is 12.2 Å². The van der Waals surface area contributed by atoms with Gasteiger partial charge in [-0.05, 0) is 30.4 Å². The van der Waals surface area contributed by atoms with E-state index in [0.29, 0.717) is 6.42 Å². The highest BCUT2D eigenvalue weighted by Crippen LogP contribution is 2.12. The lowest BCUT2D eigenvalue weighted by atomic mass is 9.99. The lowest BCUT2D eigenvalue weighted by molar-refractivity contribution is 0.129. The molecule has 0 saturated carbocycles. The maximum Gasteiger partial charge on any atom is 0.407 e. The molecule has 2 aromatic rings. The van der Waals surface area contributed by atoms with Crippen LogP contribution < -0.4 is 10.6 Å². The summed E-state index contributed by atoms with van der Waals surface area (Å²) in [7, 11) is 0. The second kappa shape index (κ2) is 14.1. The molecule has 0 aliphatic carbocycles. The average molecular weight is 427 g/mol. The van der Waals surface area contributed by atoms with E-state index < -0.39 is 12.2 Å². The van der Waals surface area contributed by atoms with E-state index in [9.17, 15) is 9.59 Å². The SMILES string of the molecule is CCCC(CC(CCC)NC(=O)OCc1ccccc1)NC(=O)OCc1ccccc1. The van der Waals surface area contributed by atoms with Gasteiger partial charge in [0.1, 0.15) is 13.2 Å². The molecule has 2 amide bonds. The number of amides is 2. The van der Waals surface area contributed by atoms with Crippen molar-refractivity contribution in [2.45, 2.75) is 71.2 Å². The topological polar surface area (TPSA) is 76.7 Å². The number of carbonyl (C=O) groups excluding carboxylic acids is 2. The van der Waals surface area contributed by atoms with E-state index in [-0.39, 0.29) is 25.3 Å². The van der Waals surface area contributed by atoms with Gasteiger partial charge in [0.25, 0.3) is 0 Å². The van der Waals surface area contributed by atoms with Crippen molar-refractivity contribution in [1.29, 1.82) is 0 Å². The number of rotatable bonds is 12. The fraction of sp³-hybridized carbons (Fsp3) is 0.440. The van der Waals surface area contributed by atoms with Crippen LogP contribution in [0, 0.1) is 0 Å². The van der Waals surface area contributed by atoms with Crippen LogP contribution >= 0.6 is 0 Å². The summed E-state index contributed by atoms with van der Waals surface area (Å²) in [6.45, 7) is 4.60. The van der Waals surface area contributed by atoms with E-state index in [1.807, 2.05) is 60.7 Å². The highest BCUT2D eigenvalue weighted by atomic mass is 16.6. The smallest absolute Gasteiger partial charge is 0.407 e. The van der Waals surface area contributed by atoms with Gasteiger partial charge in [-0.25, -0.2) is 9.59 Å². The van der Waals surface area contributed by atoms with E-state index >= 15 is 0 Å². The Labute approximate surface area is 185 Å². The van der Waals surface area contributed by atoms with Crippen molar-refractivity contribution in [2.75, 3.05) is 0 Å². The summed E-state index contributed by atoms with van der Waals surface area (Å²) in [4.78, 5) is 24.6. The summed E-state index contributed by atoms with van der Waals surface area (Å²) >= 11 is 0. The van der Waals surface area contributed by atoms with Crippen LogP contribution in [0.25, 0.3) is 0 Å². The summed E-state index contributed by atoms with van der Waals surface area (Å²) in [5, 5.41) is 5.91. The van der Waals surface area contributed by atoms with Gasteiger partial charge < -0.3 is 20.1 Å². The molecule has 0 aromatic heterocycles. The normalized spacial score (nSPS) is 12.5. The Morgan fingerprint density at radius 2 is 1.10 bits per heavy atom. The molecular formula is C25H34N2O4. The van der Waals surface area contributed by atoms with Gasteiger partial charge in [0.05, 0.1) is 0 Å². The summed E-state index contributed by atoms with van der Waals surface area (Å²) in [6, 6.07) is 19.0. The molecule has 168 valence electrons. The van der Waals surface area contributed by atoms with Crippen molar-refractivity contribution in [3.63, 3.8) is 0 Å². The van der Waals surface area contributed by atoms with Gasteiger partial charge in [0.15, 0.2) is 0 Å². The molecule has 0 radical (unpaired) electrons. The molecule has 2 unspecified atom stereocenters. The van der Waals surface area contributed by atoms with Crippen molar-refractivity contribution in [3.05, 3.63) is 71.8 Å². The first kappa shape index (κ1) is 24.3. The zero-order chi connectivity index (χ0) is 22.3. The van der Waals surface area contributed by atoms with Crippen LogP contribution in [0.4, 0.5) is 9.59 Å². The molecule has 0 aliphatic rings. The molecule has 0 aliphatic heterocycles. The molecule has 2 rings (SSSR count). The van der Waals surface area contributed by atoms with Gasteiger partial charge in [-0.3, -0.25) is 0 Å². The first-order valence-corrected chi connectivity index (χ1v) is 11.0. The van der Waals surface area contributed by atoms with E-state index in [4.69, 9.17) is 9.47 Å². The van der Waals surface area contributed by atoms with Gasteiger partial charge in [-0.1, -0.05) is 87.4 Å². The average Bonchev–Trinajstić information content (AvgIpc) is 2.78. The summed E-state index contributed by atoms with van der Waals surface area (Å²) in [5.41, 5.74) is 1.88. The minimum atomic E-state index is -0.441. The quantitative estimate of drug-likeness (QED) is 0.465. The Hall–Kier alpha value is -3.02. The maximum atomic E-state index is 12.3. The van der Waals surface area contributed by atoms with Gasteiger partial charge in [0, 0.05) is 12.1 Å². The van der Waals surface area contributed by atoms with Crippen LogP contribution in [0.1, 0.15) is 57.1 Å². The predicted molar refractivity (Wildman–Crippen MR) is 122 cm³/mol. The predicted octanol–water partition coefficient (Wildman–Crippen LogP) is 5.57. The molecule has 2 atom stereocenters. The second-order valence-electron chi connectivity index (χ2n) is 7.62. The number of alkyl carbamates (subject to hydrolysis) is 2. The fourth-order valence-corrected chi connectivity index (χ4v) is 3.40. The minimum absolute atomic E-state index is 0.0840. The van der Waals surface area contributed by atoms with E-state index in [0.717, 1.165) is 36.8 Å². The second-order valence-corrected chi connectivity index (χ2v) is 7.62. The molecule has 0 bridgehead atoms. The summed E-state index contributed by atoms with van der Waals surface area (Å²) in [6.07, 6.45) is 3.20. The highest BCUT2D eigenvalue weighted by Gasteiger charge is 2.20. The summed E-state index contributed by atoms with van der Waals surface area (Å²) < 4.78 is 10.7. The lowest BCUT2D eigenvalue weighted by Crippen LogP contribution is -2.43. The van der Waals surface area contributed by atoms with Crippen LogP contribution in [-0.4, -0.2) is 24.3 Å². The molecule has 2 aromatic carbocycles. The monoisotopic (exact) mass is 426 g/mol. The number of carbonyl (C=O) groups is 2. The minimum Gasteiger partial charge on any atom is -0.445 e. The number of ether oxygens (including phenoxy) is 2. The third kappa shape index (κ3) is 10.0. The van der Waals surface area contributed by atoms with E-state index in [1.165, 1.54) is 0 Å². The third-order valence-corrected chi connectivity index (χ3v) is 4.91. The van der Waals surface area contributed by atoms with Crippen LogP contribution in [0.2, 0.25) is 0 Å². The molecule has 0 heterocycles. The number of nitrogens with one attached hydrogen (secondary N) is 2. The van der Waals surface area contributed by atoms with Crippen LogP contribution in [0.3, 0.4) is 0 Å². The number of hydrogen-bond donors (Lipinski definition) is 2. The van der Waals surface area contributed by atoms with E-state index in [1.54, 1.807) is 0 Å². The molecule has 0 saturated heterocycles. The first-order chi connectivity index (χ1) is 15.1.